The Hall–Kier alpha value is -0.800. The second kappa shape index (κ2) is 5.89. The summed E-state index contributed by atoms with van der Waals surface area (Å²) >= 11 is 6.07. The Kier molecular flexibility index (Phi) is 4.46. The van der Waals surface area contributed by atoms with Crippen molar-refractivity contribution in [2.24, 2.45) is 5.92 Å². The molecule has 1 aliphatic rings. The van der Waals surface area contributed by atoms with E-state index in [0.29, 0.717) is 11.8 Å². The summed E-state index contributed by atoms with van der Waals surface area (Å²) in [5, 5.41) is 0. The molecule has 1 aromatic heterocycles. The fourth-order valence-electron chi connectivity index (χ4n) is 2.67. The zero-order chi connectivity index (χ0) is 13.1. The lowest BCUT2D eigenvalue weighted by Gasteiger charge is -2.22. The third kappa shape index (κ3) is 2.78. The Morgan fingerprint density at radius 1 is 1.50 bits per heavy atom. The molecule has 0 spiro atoms. The second-order valence-corrected chi connectivity index (χ2v) is 5.34. The Bertz CT molecular complexity index is 423. The van der Waals surface area contributed by atoms with Gasteiger partial charge in [-0.15, -0.1) is 11.6 Å². The van der Waals surface area contributed by atoms with Crippen LogP contribution in [0.3, 0.4) is 0 Å². The molecule has 0 N–H and O–H groups in total. The van der Waals surface area contributed by atoms with Gasteiger partial charge in [0, 0.05) is 37.4 Å². The molecule has 2 heterocycles. The van der Waals surface area contributed by atoms with Crippen molar-refractivity contribution in [3.05, 3.63) is 22.9 Å². The van der Waals surface area contributed by atoms with Crippen molar-refractivity contribution in [1.82, 2.24) is 4.98 Å². The number of rotatable bonds is 4. The number of hydrogen-bond donors (Lipinski definition) is 0. The number of halogens is 1. The second-order valence-electron chi connectivity index (χ2n) is 5.07. The number of aryl methyl sites for hydroxylation is 2. The summed E-state index contributed by atoms with van der Waals surface area (Å²) in [5.74, 6) is 2.21. The minimum Gasteiger partial charge on any atom is -0.384 e. The molecule has 0 amide bonds. The minimum atomic E-state index is 0.528. The highest BCUT2D eigenvalue weighted by Crippen LogP contribution is 2.29. The van der Waals surface area contributed by atoms with Crippen LogP contribution in [0.1, 0.15) is 23.2 Å². The van der Waals surface area contributed by atoms with Crippen LogP contribution in [0.2, 0.25) is 0 Å². The molecule has 1 saturated heterocycles. The molecule has 18 heavy (non-hydrogen) atoms. The number of aromatic nitrogens is 1. The summed E-state index contributed by atoms with van der Waals surface area (Å²) in [4.78, 5) is 7.03. The first-order chi connectivity index (χ1) is 8.65. The van der Waals surface area contributed by atoms with Crippen molar-refractivity contribution in [3.63, 3.8) is 0 Å². The van der Waals surface area contributed by atoms with Crippen molar-refractivity contribution in [2.75, 3.05) is 31.7 Å². The smallest absolute Gasteiger partial charge is 0.133 e. The lowest BCUT2D eigenvalue weighted by molar-refractivity contribution is 0.161. The number of alkyl halides is 1. The number of ether oxygens (including phenoxy) is 1. The van der Waals surface area contributed by atoms with Crippen LogP contribution in [0.5, 0.6) is 0 Å². The van der Waals surface area contributed by atoms with Gasteiger partial charge in [0.05, 0.1) is 12.5 Å². The molecule has 0 aliphatic carbocycles. The summed E-state index contributed by atoms with van der Waals surface area (Å²) in [6.45, 7) is 7.05. The summed E-state index contributed by atoms with van der Waals surface area (Å²) in [6.07, 6.45) is 1.17. The van der Waals surface area contributed by atoms with Crippen molar-refractivity contribution in [1.29, 1.82) is 0 Å². The third-order valence-corrected chi connectivity index (χ3v) is 3.84. The first-order valence-corrected chi connectivity index (χ1v) is 6.96. The van der Waals surface area contributed by atoms with Crippen LogP contribution in [-0.4, -0.2) is 31.8 Å². The summed E-state index contributed by atoms with van der Waals surface area (Å²) in [5.41, 5.74) is 3.47. The highest BCUT2D eigenvalue weighted by Gasteiger charge is 2.25. The topological polar surface area (TPSA) is 25.4 Å². The van der Waals surface area contributed by atoms with Gasteiger partial charge in [-0.2, -0.15) is 0 Å². The fourth-order valence-corrected chi connectivity index (χ4v) is 3.00. The standard InChI is InChI=1S/C14H21ClN2O/c1-10-6-11(2)16-14(13(10)7-15)17-5-4-12(8-17)9-18-3/h6,12H,4-5,7-9H2,1-3H3. The predicted octanol–water partition coefficient (Wildman–Crippen LogP) is 2.91. The zero-order valence-electron chi connectivity index (χ0n) is 11.4. The predicted molar refractivity (Wildman–Crippen MR) is 75.5 cm³/mol. The Labute approximate surface area is 114 Å². The molecular formula is C14H21ClN2O. The minimum absolute atomic E-state index is 0.528. The van der Waals surface area contributed by atoms with Crippen LogP contribution in [0.15, 0.2) is 6.07 Å². The molecule has 0 bridgehead atoms. The molecule has 100 valence electrons. The van der Waals surface area contributed by atoms with Crippen LogP contribution >= 0.6 is 11.6 Å². The fraction of sp³-hybridized carbons (Fsp3) is 0.643. The molecule has 1 aliphatic heterocycles. The van der Waals surface area contributed by atoms with Gasteiger partial charge in [0.15, 0.2) is 0 Å². The molecule has 4 heteroatoms. The molecular weight excluding hydrogens is 248 g/mol. The highest BCUT2D eigenvalue weighted by atomic mass is 35.5. The molecule has 3 nitrogen and oxygen atoms in total. The molecule has 1 fully saturated rings. The molecule has 2 rings (SSSR count). The van der Waals surface area contributed by atoms with Gasteiger partial charge in [0.1, 0.15) is 5.82 Å². The van der Waals surface area contributed by atoms with Gasteiger partial charge in [0.25, 0.3) is 0 Å². The van der Waals surface area contributed by atoms with E-state index in [0.717, 1.165) is 31.2 Å². The van der Waals surface area contributed by atoms with E-state index >= 15 is 0 Å². The first kappa shape index (κ1) is 13.6. The maximum absolute atomic E-state index is 6.07. The van der Waals surface area contributed by atoms with Crippen molar-refractivity contribution < 1.29 is 4.74 Å². The molecule has 0 saturated carbocycles. The van der Waals surface area contributed by atoms with E-state index < -0.39 is 0 Å². The van der Waals surface area contributed by atoms with E-state index in [1.807, 2.05) is 6.92 Å². The average Bonchev–Trinajstić information content (AvgIpc) is 2.77. The van der Waals surface area contributed by atoms with Crippen molar-refractivity contribution in [3.8, 4) is 0 Å². The van der Waals surface area contributed by atoms with E-state index in [4.69, 9.17) is 16.3 Å². The lowest BCUT2D eigenvalue weighted by Crippen LogP contribution is -2.24. The van der Waals surface area contributed by atoms with E-state index in [1.54, 1.807) is 7.11 Å². The van der Waals surface area contributed by atoms with E-state index in [1.165, 1.54) is 17.5 Å². The average molecular weight is 269 g/mol. The number of nitrogens with zero attached hydrogens (tertiary/aromatic N) is 2. The zero-order valence-corrected chi connectivity index (χ0v) is 12.1. The van der Waals surface area contributed by atoms with E-state index in [-0.39, 0.29) is 0 Å². The SMILES string of the molecule is COCC1CCN(c2nc(C)cc(C)c2CCl)C1. The number of methoxy groups -OCH3 is 1. The van der Waals surface area contributed by atoms with Gasteiger partial charge in [-0.05, 0) is 31.9 Å². The number of anilines is 1. The van der Waals surface area contributed by atoms with Gasteiger partial charge < -0.3 is 9.64 Å². The van der Waals surface area contributed by atoms with Crippen molar-refractivity contribution >= 4 is 17.4 Å². The normalized spacial score (nSPS) is 19.6. The maximum atomic E-state index is 6.07. The van der Waals surface area contributed by atoms with Crippen molar-refractivity contribution in [2.45, 2.75) is 26.1 Å². The van der Waals surface area contributed by atoms with Gasteiger partial charge in [-0.1, -0.05) is 0 Å². The van der Waals surface area contributed by atoms with Gasteiger partial charge in [0.2, 0.25) is 0 Å². The monoisotopic (exact) mass is 268 g/mol. The first-order valence-electron chi connectivity index (χ1n) is 6.42. The van der Waals surface area contributed by atoms with Crippen LogP contribution < -0.4 is 4.90 Å². The Balaban J connectivity index is 2.23. The number of pyridine rings is 1. The van der Waals surface area contributed by atoms with Gasteiger partial charge in [-0.25, -0.2) is 4.98 Å². The van der Waals surface area contributed by atoms with Gasteiger partial charge in [-0.3, -0.25) is 0 Å². The lowest BCUT2D eigenvalue weighted by atomic mass is 10.1. The molecule has 1 aromatic rings. The van der Waals surface area contributed by atoms with Crippen LogP contribution in [-0.2, 0) is 10.6 Å². The van der Waals surface area contributed by atoms with E-state index in [9.17, 15) is 0 Å². The molecule has 1 atom stereocenters. The largest absolute Gasteiger partial charge is 0.384 e. The van der Waals surface area contributed by atoms with E-state index in [2.05, 4.69) is 22.9 Å². The van der Waals surface area contributed by atoms with Crippen LogP contribution in [0.4, 0.5) is 5.82 Å². The number of hydrogen-bond acceptors (Lipinski definition) is 3. The summed E-state index contributed by atoms with van der Waals surface area (Å²) in [7, 11) is 1.77. The third-order valence-electron chi connectivity index (χ3n) is 3.57. The molecule has 0 radical (unpaired) electrons. The quantitative estimate of drug-likeness (QED) is 0.785. The Morgan fingerprint density at radius 2 is 2.28 bits per heavy atom. The molecule has 1 unspecified atom stereocenters. The van der Waals surface area contributed by atoms with Crippen LogP contribution in [0.25, 0.3) is 0 Å². The van der Waals surface area contributed by atoms with Gasteiger partial charge >= 0.3 is 0 Å². The summed E-state index contributed by atoms with van der Waals surface area (Å²) < 4.78 is 5.24. The molecule has 0 aromatic carbocycles. The maximum Gasteiger partial charge on any atom is 0.133 e. The Morgan fingerprint density at radius 3 is 2.94 bits per heavy atom. The van der Waals surface area contributed by atoms with Crippen LogP contribution in [0, 0.1) is 19.8 Å². The summed E-state index contributed by atoms with van der Waals surface area (Å²) in [6, 6.07) is 2.10. The highest BCUT2D eigenvalue weighted by molar-refractivity contribution is 6.17.